The predicted octanol–water partition coefficient (Wildman–Crippen LogP) is 4.74. The average molecular weight is 853 g/mol. The van der Waals surface area contributed by atoms with Crippen molar-refractivity contribution in [3.63, 3.8) is 0 Å². The van der Waals surface area contributed by atoms with Gasteiger partial charge in [0, 0.05) is 64.7 Å². The number of alkyl halides is 2. The van der Waals surface area contributed by atoms with Crippen LogP contribution in [0.4, 0.5) is 20.2 Å². The summed E-state index contributed by atoms with van der Waals surface area (Å²) in [7, 11) is 1.70. The van der Waals surface area contributed by atoms with Gasteiger partial charge >= 0.3 is 5.69 Å². The molecule has 2 aliphatic heterocycles. The maximum atomic E-state index is 14.1. The van der Waals surface area contributed by atoms with Crippen molar-refractivity contribution in [2.75, 3.05) is 62.8 Å². The van der Waals surface area contributed by atoms with Crippen LogP contribution >= 0.6 is 0 Å². The average Bonchev–Trinajstić information content (AvgIpc) is 3.97. The first-order valence-corrected chi connectivity index (χ1v) is 21.1. The summed E-state index contributed by atoms with van der Waals surface area (Å²) in [5.74, 6) is -1.33. The molecule has 0 bridgehead atoms. The molecule has 1 unspecified atom stereocenters. The van der Waals surface area contributed by atoms with Gasteiger partial charge in [0.25, 0.3) is 12.3 Å². The number of piperazine rings is 1. The van der Waals surface area contributed by atoms with Gasteiger partial charge in [0.15, 0.2) is 5.69 Å². The SMILES string of the molecule is Cn1c(=O)n(C2CCC(=O)NC2=O)c2cccc(CCCOCCOCCCCc3ccc(-n4cc(NC(=O)c5cnn6ccc(N7CCNCC7)cc56)c(C(F)F)n4)cc3)c21. The van der Waals surface area contributed by atoms with E-state index in [4.69, 9.17) is 9.47 Å². The fraction of sp³-hybridized carbons (Fsp3) is 0.409. The van der Waals surface area contributed by atoms with Gasteiger partial charge < -0.3 is 25.0 Å². The number of anilines is 2. The zero-order valence-corrected chi connectivity index (χ0v) is 34.5. The Kier molecular flexibility index (Phi) is 13.2. The number of nitrogens with one attached hydrogen (secondary N) is 3. The second kappa shape index (κ2) is 19.2. The van der Waals surface area contributed by atoms with Crippen LogP contribution in [0.2, 0.25) is 0 Å². The minimum Gasteiger partial charge on any atom is -0.379 e. The summed E-state index contributed by atoms with van der Waals surface area (Å²) in [6.45, 7) is 5.44. The molecule has 2 saturated heterocycles. The number of nitrogens with zero attached hydrogens (tertiary/aromatic N) is 7. The number of halogens is 2. The zero-order valence-electron chi connectivity index (χ0n) is 34.5. The topological polar surface area (TPSA) is 171 Å². The first-order valence-electron chi connectivity index (χ1n) is 21.1. The number of imidazole rings is 1. The third kappa shape index (κ3) is 9.31. The lowest BCUT2D eigenvalue weighted by atomic mass is 10.0. The maximum Gasteiger partial charge on any atom is 0.329 e. The molecular formula is C44H50F2N10O6. The summed E-state index contributed by atoms with van der Waals surface area (Å²) < 4.78 is 45.9. The van der Waals surface area contributed by atoms with Crippen molar-refractivity contribution in [2.45, 2.75) is 57.4 Å². The zero-order chi connectivity index (χ0) is 43.2. The standard InChI is InChI=1S/C44H50F2N10O6/c1-52-40-30(7-4-9-35(40)56(44(52)60)36-14-15-38(57)50-43(36)59)8-5-23-62-25-24-61-22-3-2-6-29-10-12-31(13-11-29)55-28-34(39(51-55)41(45)46)49-42(58)33-27-48-54-19-16-32(26-37(33)54)53-20-17-47-18-21-53/h4,7,9-13,16,19,26-28,36,41,47H,2-3,5-6,8,14-15,17-18,20-25H2,1H3,(H,49,58)(H,50,57,59). The van der Waals surface area contributed by atoms with Gasteiger partial charge in [0.1, 0.15) is 6.04 Å². The van der Waals surface area contributed by atoms with Crippen LogP contribution in [-0.2, 0) is 39.0 Å². The number of carbonyl (C=O) groups excluding carboxylic acids is 3. The molecular weight excluding hydrogens is 803 g/mol. The lowest BCUT2D eigenvalue weighted by Gasteiger charge is -2.29. The number of fused-ring (bicyclic) bond motifs is 2. The van der Waals surface area contributed by atoms with E-state index >= 15 is 0 Å². The highest BCUT2D eigenvalue weighted by Gasteiger charge is 2.31. The molecule has 2 fully saturated rings. The highest BCUT2D eigenvalue weighted by atomic mass is 19.3. The molecule has 6 aromatic rings. The first-order chi connectivity index (χ1) is 30.2. The minimum atomic E-state index is -2.90. The second-order valence-corrected chi connectivity index (χ2v) is 15.6. The molecule has 1 atom stereocenters. The summed E-state index contributed by atoms with van der Waals surface area (Å²) in [6, 6.07) is 16.3. The second-order valence-electron chi connectivity index (χ2n) is 15.6. The highest BCUT2D eigenvalue weighted by Crippen LogP contribution is 2.29. The van der Waals surface area contributed by atoms with Crippen molar-refractivity contribution in [2.24, 2.45) is 7.05 Å². The molecule has 18 heteroatoms. The van der Waals surface area contributed by atoms with E-state index in [2.05, 4.69) is 31.0 Å². The molecule has 6 heterocycles. The summed E-state index contributed by atoms with van der Waals surface area (Å²) in [6.07, 6.45) is 6.21. The van der Waals surface area contributed by atoms with E-state index in [-0.39, 0.29) is 29.3 Å². The molecule has 0 radical (unpaired) electrons. The number of aryl methyl sites for hydroxylation is 3. The normalized spacial score (nSPS) is 15.9. The Labute approximate surface area is 355 Å². The van der Waals surface area contributed by atoms with Gasteiger partial charge in [0.05, 0.1) is 59.1 Å². The Bertz CT molecular complexity index is 2610. The number of rotatable bonds is 18. The molecule has 2 aromatic carbocycles. The monoisotopic (exact) mass is 852 g/mol. The molecule has 62 heavy (non-hydrogen) atoms. The van der Waals surface area contributed by atoms with Crippen LogP contribution in [0.25, 0.3) is 22.2 Å². The lowest BCUT2D eigenvalue weighted by Crippen LogP contribution is -2.44. The molecule has 4 aromatic heterocycles. The lowest BCUT2D eigenvalue weighted by molar-refractivity contribution is -0.135. The quantitative estimate of drug-likeness (QED) is 0.0811. The molecule has 0 spiro atoms. The van der Waals surface area contributed by atoms with Crippen molar-refractivity contribution < 1.29 is 32.6 Å². The van der Waals surface area contributed by atoms with Crippen LogP contribution in [0.1, 0.15) is 71.8 Å². The first kappa shape index (κ1) is 42.5. The number of pyridine rings is 1. The Morgan fingerprint density at radius 2 is 1.69 bits per heavy atom. The van der Waals surface area contributed by atoms with Crippen molar-refractivity contribution in [3.8, 4) is 5.69 Å². The fourth-order valence-electron chi connectivity index (χ4n) is 8.22. The molecule has 2 aliphatic rings. The van der Waals surface area contributed by atoms with Crippen LogP contribution in [0, 0.1) is 0 Å². The molecule has 8 rings (SSSR count). The van der Waals surface area contributed by atoms with Crippen LogP contribution in [0.3, 0.4) is 0 Å². The molecule has 326 valence electrons. The highest BCUT2D eigenvalue weighted by molar-refractivity contribution is 6.09. The van der Waals surface area contributed by atoms with Crippen molar-refractivity contribution in [1.29, 1.82) is 0 Å². The van der Waals surface area contributed by atoms with Crippen LogP contribution in [0.5, 0.6) is 0 Å². The van der Waals surface area contributed by atoms with Gasteiger partial charge in [-0.2, -0.15) is 10.2 Å². The van der Waals surface area contributed by atoms with E-state index in [9.17, 15) is 28.0 Å². The Morgan fingerprint density at radius 3 is 2.45 bits per heavy atom. The number of imide groups is 1. The van der Waals surface area contributed by atoms with Crippen molar-refractivity contribution in [3.05, 3.63) is 106 Å². The molecule has 0 saturated carbocycles. The van der Waals surface area contributed by atoms with Gasteiger partial charge in [-0.15, -0.1) is 0 Å². The van der Waals surface area contributed by atoms with Gasteiger partial charge in [-0.25, -0.2) is 22.8 Å². The van der Waals surface area contributed by atoms with Gasteiger partial charge in [-0.3, -0.25) is 28.8 Å². The number of unbranched alkanes of at least 4 members (excludes halogenated alkanes) is 1. The molecule has 0 aliphatic carbocycles. The third-order valence-electron chi connectivity index (χ3n) is 11.4. The van der Waals surface area contributed by atoms with Gasteiger partial charge in [-0.1, -0.05) is 24.3 Å². The fourth-order valence-corrected chi connectivity index (χ4v) is 8.22. The van der Waals surface area contributed by atoms with Crippen molar-refractivity contribution in [1.82, 2.24) is 39.2 Å². The van der Waals surface area contributed by atoms with E-state index in [1.807, 2.05) is 54.6 Å². The number of benzene rings is 2. The number of carbonyl (C=O) groups is 3. The summed E-state index contributed by atoms with van der Waals surface area (Å²) in [4.78, 5) is 53.0. The predicted molar refractivity (Wildman–Crippen MR) is 228 cm³/mol. The smallest absolute Gasteiger partial charge is 0.329 e. The third-order valence-corrected chi connectivity index (χ3v) is 11.4. The van der Waals surface area contributed by atoms with Gasteiger partial charge in [-0.05, 0) is 80.0 Å². The minimum absolute atomic E-state index is 0.0690. The van der Waals surface area contributed by atoms with Gasteiger partial charge in [0.2, 0.25) is 11.8 Å². The van der Waals surface area contributed by atoms with E-state index in [0.717, 1.165) is 74.2 Å². The van der Waals surface area contributed by atoms with E-state index in [1.54, 1.807) is 22.3 Å². The number of ether oxygens (including phenoxy) is 2. The Hall–Kier alpha value is -6.24. The van der Waals surface area contributed by atoms with E-state index in [1.165, 1.54) is 21.6 Å². The number of hydrogen-bond donors (Lipinski definition) is 3. The Morgan fingerprint density at radius 1 is 0.919 bits per heavy atom. The molecule has 16 nitrogen and oxygen atoms in total. The van der Waals surface area contributed by atoms with Crippen LogP contribution in [0.15, 0.2) is 78.0 Å². The number of amides is 3. The number of para-hydroxylation sites is 1. The van der Waals surface area contributed by atoms with E-state index < -0.39 is 30.0 Å². The molecule has 3 amide bonds. The molecule has 3 N–H and O–H groups in total. The van der Waals surface area contributed by atoms with Crippen molar-refractivity contribution >= 4 is 45.6 Å². The van der Waals surface area contributed by atoms with Crippen LogP contribution in [-0.4, -0.2) is 98.9 Å². The maximum absolute atomic E-state index is 14.1. The van der Waals surface area contributed by atoms with Crippen LogP contribution < -0.4 is 26.5 Å². The largest absolute Gasteiger partial charge is 0.379 e. The summed E-state index contributed by atoms with van der Waals surface area (Å²) in [5.41, 5.74) is 5.05. The number of piperidine rings is 1. The summed E-state index contributed by atoms with van der Waals surface area (Å²) >= 11 is 0. The summed E-state index contributed by atoms with van der Waals surface area (Å²) in [5, 5.41) is 16.7. The van der Waals surface area contributed by atoms with E-state index in [0.29, 0.717) is 56.0 Å². The Balaban J connectivity index is 0.753. The number of hydrogen-bond acceptors (Lipinski definition) is 10. The number of aromatic nitrogens is 6.